The van der Waals surface area contributed by atoms with E-state index < -0.39 is 0 Å². The second-order valence-corrected chi connectivity index (χ2v) is 5.51. The summed E-state index contributed by atoms with van der Waals surface area (Å²) in [6, 6.07) is 3.92. The first-order chi connectivity index (χ1) is 9.66. The summed E-state index contributed by atoms with van der Waals surface area (Å²) in [5, 5.41) is 9.85. The Hall–Kier alpha value is -1.79. The average Bonchev–Trinajstić information content (AvgIpc) is 3.09. The van der Waals surface area contributed by atoms with Crippen molar-refractivity contribution in [3.63, 3.8) is 0 Å². The van der Waals surface area contributed by atoms with E-state index in [4.69, 9.17) is 4.42 Å². The monoisotopic (exact) mass is 293 g/mol. The number of nitrogens with one attached hydrogen (secondary N) is 2. The van der Waals surface area contributed by atoms with Gasteiger partial charge in [-0.25, -0.2) is 4.79 Å². The third-order valence-electron chi connectivity index (χ3n) is 3.04. The van der Waals surface area contributed by atoms with E-state index >= 15 is 0 Å². The maximum Gasteiger partial charge on any atom is 0.315 e. The predicted molar refractivity (Wildman–Crippen MR) is 79.7 cm³/mol. The molecule has 0 aliphatic rings. The molecule has 2 aromatic rings. The molecule has 0 bridgehead atoms. The summed E-state index contributed by atoms with van der Waals surface area (Å²) < 4.78 is 4.95. The van der Waals surface area contributed by atoms with Crippen molar-refractivity contribution in [2.45, 2.75) is 12.6 Å². The molecule has 2 aromatic heterocycles. The number of likely N-dealkylation sites (N-methyl/N-ethyl adjacent to an activating group) is 1. The quantitative estimate of drug-likeness (QED) is 0.860. The summed E-state index contributed by atoms with van der Waals surface area (Å²) in [6.45, 7) is 1.04. The first-order valence-corrected chi connectivity index (χ1v) is 7.32. The second-order valence-electron chi connectivity index (χ2n) is 4.73. The molecule has 0 aromatic carbocycles. The van der Waals surface area contributed by atoms with E-state index in [2.05, 4.69) is 27.0 Å². The number of urea groups is 1. The third-order valence-corrected chi connectivity index (χ3v) is 3.74. The molecule has 0 saturated carbocycles. The van der Waals surface area contributed by atoms with Crippen LogP contribution in [0.4, 0.5) is 4.79 Å². The maximum absolute atomic E-state index is 11.8. The number of hydrogen-bond donors (Lipinski definition) is 2. The van der Waals surface area contributed by atoms with Crippen LogP contribution in [0.25, 0.3) is 0 Å². The summed E-state index contributed by atoms with van der Waals surface area (Å²) in [7, 11) is 4.01. The normalized spacial score (nSPS) is 12.3. The lowest BCUT2D eigenvalue weighted by Gasteiger charge is -2.24. The average molecular weight is 293 g/mol. The first-order valence-electron chi connectivity index (χ1n) is 6.38. The Kier molecular flexibility index (Phi) is 5.20. The van der Waals surface area contributed by atoms with Gasteiger partial charge in [0.15, 0.2) is 0 Å². The molecule has 2 N–H and O–H groups in total. The van der Waals surface area contributed by atoms with Crippen LogP contribution >= 0.6 is 11.3 Å². The Bertz CT molecular complexity index is 509. The molecule has 0 saturated heterocycles. The first kappa shape index (κ1) is 14.6. The lowest BCUT2D eigenvalue weighted by atomic mass is 10.1. The molecule has 2 amide bonds. The number of rotatable bonds is 6. The highest BCUT2D eigenvalue weighted by atomic mass is 32.1. The lowest BCUT2D eigenvalue weighted by molar-refractivity contribution is 0.232. The van der Waals surface area contributed by atoms with Gasteiger partial charge in [-0.15, -0.1) is 0 Å². The van der Waals surface area contributed by atoms with Gasteiger partial charge in [0.1, 0.15) is 0 Å². The number of hydrogen-bond acceptors (Lipinski definition) is 4. The van der Waals surface area contributed by atoms with Crippen molar-refractivity contribution in [3.05, 3.63) is 46.5 Å². The van der Waals surface area contributed by atoms with E-state index in [1.54, 1.807) is 23.9 Å². The minimum Gasteiger partial charge on any atom is -0.472 e. The van der Waals surface area contributed by atoms with Gasteiger partial charge in [0.25, 0.3) is 0 Å². The molecule has 0 aliphatic carbocycles. The highest BCUT2D eigenvalue weighted by molar-refractivity contribution is 7.07. The fourth-order valence-corrected chi connectivity index (χ4v) is 2.60. The van der Waals surface area contributed by atoms with Gasteiger partial charge in [-0.1, -0.05) is 0 Å². The molecular weight excluding hydrogens is 274 g/mol. The zero-order valence-electron chi connectivity index (χ0n) is 11.6. The SMILES string of the molecule is CN(C)[C@@H](CNC(=O)NCc1ccoc1)c1ccsc1. The van der Waals surface area contributed by atoms with Gasteiger partial charge in [-0.05, 0) is 42.6 Å². The largest absolute Gasteiger partial charge is 0.472 e. The second kappa shape index (κ2) is 7.12. The minimum absolute atomic E-state index is 0.173. The highest BCUT2D eigenvalue weighted by Crippen LogP contribution is 2.19. The number of carbonyl (C=O) groups excluding carboxylic acids is 1. The number of amides is 2. The molecule has 2 rings (SSSR count). The van der Waals surface area contributed by atoms with Crippen LogP contribution in [0.15, 0.2) is 39.8 Å². The molecule has 20 heavy (non-hydrogen) atoms. The number of carbonyl (C=O) groups is 1. The van der Waals surface area contributed by atoms with E-state index in [0.29, 0.717) is 13.1 Å². The zero-order chi connectivity index (χ0) is 14.4. The van der Waals surface area contributed by atoms with E-state index in [0.717, 1.165) is 5.56 Å². The van der Waals surface area contributed by atoms with Gasteiger partial charge in [-0.2, -0.15) is 11.3 Å². The third kappa shape index (κ3) is 4.11. The molecule has 2 heterocycles. The molecule has 6 heteroatoms. The molecule has 0 fully saturated rings. The van der Waals surface area contributed by atoms with Crippen LogP contribution in [-0.2, 0) is 6.54 Å². The molecular formula is C14H19N3O2S. The van der Waals surface area contributed by atoms with Gasteiger partial charge in [0.2, 0.25) is 0 Å². The van der Waals surface area contributed by atoms with Crippen LogP contribution in [0.3, 0.4) is 0 Å². The maximum atomic E-state index is 11.8. The van der Waals surface area contributed by atoms with E-state index in [1.165, 1.54) is 5.56 Å². The van der Waals surface area contributed by atoms with Crippen molar-refractivity contribution in [1.29, 1.82) is 0 Å². The number of nitrogens with zero attached hydrogens (tertiary/aromatic N) is 1. The Labute approximate surface area is 122 Å². The highest BCUT2D eigenvalue weighted by Gasteiger charge is 2.15. The number of furan rings is 1. The van der Waals surface area contributed by atoms with Crippen molar-refractivity contribution >= 4 is 17.4 Å². The van der Waals surface area contributed by atoms with Gasteiger partial charge >= 0.3 is 6.03 Å². The molecule has 0 aliphatic heterocycles. The van der Waals surface area contributed by atoms with E-state index in [1.807, 2.05) is 25.5 Å². The fourth-order valence-electron chi connectivity index (χ4n) is 1.89. The van der Waals surface area contributed by atoms with E-state index in [-0.39, 0.29) is 12.1 Å². The van der Waals surface area contributed by atoms with Crippen molar-refractivity contribution in [1.82, 2.24) is 15.5 Å². The molecule has 0 spiro atoms. The molecule has 5 nitrogen and oxygen atoms in total. The smallest absolute Gasteiger partial charge is 0.315 e. The summed E-state index contributed by atoms with van der Waals surface area (Å²) in [4.78, 5) is 13.9. The van der Waals surface area contributed by atoms with Gasteiger partial charge < -0.3 is 20.0 Å². The number of thiophene rings is 1. The van der Waals surface area contributed by atoms with E-state index in [9.17, 15) is 4.79 Å². The Morgan fingerprint density at radius 3 is 2.85 bits per heavy atom. The lowest BCUT2D eigenvalue weighted by Crippen LogP contribution is -2.40. The summed E-state index contributed by atoms with van der Waals surface area (Å²) >= 11 is 1.66. The van der Waals surface area contributed by atoms with Crippen LogP contribution in [0.1, 0.15) is 17.2 Å². The molecule has 1 atom stereocenters. The summed E-state index contributed by atoms with van der Waals surface area (Å²) in [5.74, 6) is 0. The topological polar surface area (TPSA) is 57.5 Å². The zero-order valence-corrected chi connectivity index (χ0v) is 12.4. The van der Waals surface area contributed by atoms with Crippen LogP contribution in [-0.4, -0.2) is 31.6 Å². The van der Waals surface area contributed by atoms with Crippen LogP contribution in [0.5, 0.6) is 0 Å². The fraction of sp³-hybridized carbons (Fsp3) is 0.357. The van der Waals surface area contributed by atoms with Crippen LogP contribution in [0, 0.1) is 0 Å². The van der Waals surface area contributed by atoms with Gasteiger partial charge in [0.05, 0.1) is 18.6 Å². The van der Waals surface area contributed by atoms with Gasteiger partial charge in [0, 0.05) is 18.7 Å². The predicted octanol–water partition coefficient (Wildman–Crippen LogP) is 2.44. The summed E-state index contributed by atoms with van der Waals surface area (Å²) in [6.07, 6.45) is 3.21. The van der Waals surface area contributed by atoms with Crippen LogP contribution in [0.2, 0.25) is 0 Å². The van der Waals surface area contributed by atoms with Crippen molar-refractivity contribution in [2.75, 3.05) is 20.6 Å². The van der Waals surface area contributed by atoms with Crippen molar-refractivity contribution in [3.8, 4) is 0 Å². The molecule has 108 valence electrons. The van der Waals surface area contributed by atoms with Gasteiger partial charge in [-0.3, -0.25) is 0 Å². The summed E-state index contributed by atoms with van der Waals surface area (Å²) in [5.41, 5.74) is 2.16. The Balaban J connectivity index is 1.79. The van der Waals surface area contributed by atoms with Crippen LogP contribution < -0.4 is 10.6 Å². The Morgan fingerprint density at radius 2 is 2.25 bits per heavy atom. The standard InChI is InChI=1S/C14H19N3O2S/c1-17(2)13(12-4-6-20-10-12)8-16-14(18)15-7-11-3-5-19-9-11/h3-6,9-10,13H,7-8H2,1-2H3,(H2,15,16,18)/t13-/m0/s1. The minimum atomic E-state index is -0.173. The van der Waals surface area contributed by atoms with Crippen molar-refractivity contribution in [2.24, 2.45) is 0 Å². The Morgan fingerprint density at radius 1 is 1.40 bits per heavy atom. The molecule has 0 radical (unpaired) electrons. The molecule has 0 unspecified atom stereocenters. The van der Waals surface area contributed by atoms with Crippen molar-refractivity contribution < 1.29 is 9.21 Å².